The van der Waals surface area contributed by atoms with E-state index in [-0.39, 0.29) is 5.91 Å². The van der Waals surface area contributed by atoms with E-state index < -0.39 is 5.76 Å². The van der Waals surface area contributed by atoms with Crippen molar-refractivity contribution in [3.63, 3.8) is 0 Å². The van der Waals surface area contributed by atoms with Gasteiger partial charge in [-0.3, -0.25) is 9.78 Å². The van der Waals surface area contributed by atoms with E-state index in [1.54, 1.807) is 36.4 Å². The second-order valence-electron chi connectivity index (χ2n) is 4.52. The molecule has 1 amide bonds. The Labute approximate surface area is 133 Å². The summed E-state index contributed by atoms with van der Waals surface area (Å²) in [4.78, 5) is 26.0. The van der Waals surface area contributed by atoms with Gasteiger partial charge in [-0.15, -0.1) is 0 Å². The minimum Gasteiger partial charge on any atom is -0.496 e. The third-order valence-electron chi connectivity index (χ3n) is 3.09. The van der Waals surface area contributed by atoms with Crippen LogP contribution in [-0.2, 0) is 0 Å². The predicted molar refractivity (Wildman–Crippen MR) is 85.5 cm³/mol. The number of ether oxygens (including phenoxy) is 1. The van der Waals surface area contributed by atoms with Crippen LogP contribution in [0, 0.1) is 0 Å². The summed E-state index contributed by atoms with van der Waals surface area (Å²) in [7, 11) is 1.50. The average Bonchev–Trinajstić information content (AvgIpc) is 2.86. The van der Waals surface area contributed by atoms with Gasteiger partial charge in [0.15, 0.2) is 5.58 Å². The zero-order chi connectivity index (χ0) is 15.7. The van der Waals surface area contributed by atoms with Crippen LogP contribution in [0.15, 0.2) is 50.1 Å². The highest BCUT2D eigenvalue weighted by molar-refractivity contribution is 9.10. The second-order valence-corrected chi connectivity index (χ2v) is 5.44. The maximum atomic E-state index is 12.4. The summed E-state index contributed by atoms with van der Waals surface area (Å²) in [5, 5.41) is 2.75. The van der Waals surface area contributed by atoms with E-state index in [1.165, 1.54) is 7.11 Å². The van der Waals surface area contributed by atoms with Crippen LogP contribution in [0.1, 0.15) is 10.4 Å². The zero-order valence-electron chi connectivity index (χ0n) is 11.5. The van der Waals surface area contributed by atoms with Gasteiger partial charge in [0.05, 0.1) is 18.2 Å². The number of amides is 1. The van der Waals surface area contributed by atoms with Gasteiger partial charge in [0.25, 0.3) is 5.91 Å². The predicted octanol–water partition coefficient (Wildman–Crippen LogP) is 3.14. The molecule has 0 spiro atoms. The van der Waals surface area contributed by atoms with Crippen molar-refractivity contribution in [3.8, 4) is 5.75 Å². The van der Waals surface area contributed by atoms with Crippen molar-refractivity contribution in [3.05, 3.63) is 57.0 Å². The number of hydrogen-bond donors (Lipinski definition) is 2. The number of anilines is 1. The van der Waals surface area contributed by atoms with E-state index in [2.05, 4.69) is 26.2 Å². The zero-order valence-corrected chi connectivity index (χ0v) is 13.1. The maximum absolute atomic E-state index is 12.4. The van der Waals surface area contributed by atoms with E-state index in [0.29, 0.717) is 28.1 Å². The molecule has 1 heterocycles. The lowest BCUT2D eigenvalue weighted by Crippen LogP contribution is -2.13. The van der Waals surface area contributed by atoms with E-state index in [1.807, 2.05) is 0 Å². The van der Waals surface area contributed by atoms with Crippen LogP contribution in [0.4, 0.5) is 5.69 Å². The molecule has 1 aromatic heterocycles. The van der Waals surface area contributed by atoms with E-state index in [4.69, 9.17) is 9.15 Å². The molecule has 0 radical (unpaired) electrons. The highest BCUT2D eigenvalue weighted by Crippen LogP contribution is 2.24. The number of carbonyl (C=O) groups is 1. The Bertz CT molecular complexity index is 913. The van der Waals surface area contributed by atoms with E-state index in [9.17, 15) is 9.59 Å². The number of H-pyrrole nitrogens is 1. The fourth-order valence-corrected chi connectivity index (χ4v) is 2.44. The molecular formula is C15H11BrN2O4. The normalized spacial score (nSPS) is 10.6. The Hall–Kier alpha value is -2.54. The Balaban J connectivity index is 1.92. The number of hydrogen-bond acceptors (Lipinski definition) is 4. The summed E-state index contributed by atoms with van der Waals surface area (Å²) in [6.07, 6.45) is 0. The molecule has 6 nitrogen and oxygen atoms in total. The Morgan fingerprint density at radius 2 is 2.09 bits per heavy atom. The monoisotopic (exact) mass is 362 g/mol. The molecule has 0 aliphatic carbocycles. The highest BCUT2D eigenvalue weighted by atomic mass is 79.9. The standard InChI is InChI=1S/C15H11BrN2O4/c1-21-12-5-2-8(16)6-10(12)14(19)17-9-3-4-11-13(7-9)22-15(20)18-11/h2-7H,1H3,(H,17,19)(H,18,20). The van der Waals surface area contributed by atoms with Crippen molar-refractivity contribution < 1.29 is 13.9 Å². The average molecular weight is 363 g/mol. The molecule has 0 bridgehead atoms. The Morgan fingerprint density at radius 3 is 2.86 bits per heavy atom. The fraction of sp³-hybridized carbons (Fsp3) is 0.0667. The number of fused-ring (bicyclic) bond motifs is 1. The van der Waals surface area contributed by atoms with Crippen LogP contribution >= 0.6 is 15.9 Å². The number of oxazole rings is 1. The first kappa shape index (κ1) is 14.4. The molecule has 22 heavy (non-hydrogen) atoms. The van der Waals surface area contributed by atoms with Crippen molar-refractivity contribution >= 4 is 38.6 Å². The highest BCUT2D eigenvalue weighted by Gasteiger charge is 2.13. The molecule has 0 fully saturated rings. The van der Waals surface area contributed by atoms with E-state index >= 15 is 0 Å². The molecular weight excluding hydrogens is 352 g/mol. The summed E-state index contributed by atoms with van der Waals surface area (Å²) in [6.45, 7) is 0. The van der Waals surface area contributed by atoms with Gasteiger partial charge >= 0.3 is 5.76 Å². The molecule has 0 unspecified atom stereocenters. The van der Waals surface area contributed by atoms with Crippen LogP contribution in [0.25, 0.3) is 11.1 Å². The SMILES string of the molecule is COc1ccc(Br)cc1C(=O)Nc1ccc2[nH]c(=O)oc2c1. The van der Waals surface area contributed by atoms with Crippen molar-refractivity contribution in [1.29, 1.82) is 0 Å². The van der Waals surface area contributed by atoms with Gasteiger partial charge in [-0.05, 0) is 30.3 Å². The topological polar surface area (TPSA) is 84.3 Å². The van der Waals surface area contributed by atoms with Crippen LogP contribution in [0.5, 0.6) is 5.75 Å². The summed E-state index contributed by atoms with van der Waals surface area (Å²) >= 11 is 3.33. The summed E-state index contributed by atoms with van der Waals surface area (Å²) in [5.74, 6) is -0.391. The minimum absolute atomic E-state index is 0.324. The van der Waals surface area contributed by atoms with Crippen LogP contribution in [-0.4, -0.2) is 18.0 Å². The van der Waals surface area contributed by atoms with Crippen molar-refractivity contribution in [2.45, 2.75) is 0 Å². The lowest BCUT2D eigenvalue weighted by atomic mass is 10.2. The van der Waals surface area contributed by atoms with Gasteiger partial charge in [0.2, 0.25) is 0 Å². The summed E-state index contributed by atoms with van der Waals surface area (Å²) in [5.41, 5.74) is 1.86. The smallest absolute Gasteiger partial charge is 0.417 e. The van der Waals surface area contributed by atoms with Gasteiger partial charge < -0.3 is 14.5 Å². The molecule has 112 valence electrons. The molecule has 2 aromatic carbocycles. The van der Waals surface area contributed by atoms with Gasteiger partial charge in [0.1, 0.15) is 5.75 Å². The number of methoxy groups -OCH3 is 1. The quantitative estimate of drug-likeness (QED) is 0.749. The molecule has 2 N–H and O–H groups in total. The summed E-state index contributed by atoms with van der Waals surface area (Å²) < 4.78 is 10.9. The Morgan fingerprint density at radius 1 is 1.27 bits per heavy atom. The van der Waals surface area contributed by atoms with Gasteiger partial charge in [-0.25, -0.2) is 4.79 Å². The number of nitrogens with one attached hydrogen (secondary N) is 2. The number of aromatic nitrogens is 1. The number of carbonyl (C=O) groups excluding carboxylic acids is 1. The maximum Gasteiger partial charge on any atom is 0.417 e. The van der Waals surface area contributed by atoms with Crippen LogP contribution in [0.2, 0.25) is 0 Å². The molecule has 7 heteroatoms. The van der Waals surface area contributed by atoms with Gasteiger partial charge in [-0.2, -0.15) is 0 Å². The molecule has 0 aliphatic heterocycles. The number of aromatic amines is 1. The molecule has 3 aromatic rings. The number of rotatable bonds is 3. The molecule has 0 saturated heterocycles. The molecule has 0 atom stereocenters. The molecule has 0 aliphatic rings. The van der Waals surface area contributed by atoms with Gasteiger partial charge in [-0.1, -0.05) is 15.9 Å². The number of halogens is 1. The number of benzene rings is 2. The first-order chi connectivity index (χ1) is 10.6. The lowest BCUT2D eigenvalue weighted by molar-refractivity contribution is 0.102. The third-order valence-corrected chi connectivity index (χ3v) is 3.58. The first-order valence-corrected chi connectivity index (χ1v) is 7.14. The van der Waals surface area contributed by atoms with Gasteiger partial charge in [0, 0.05) is 16.2 Å². The molecule has 0 saturated carbocycles. The Kier molecular flexibility index (Phi) is 3.72. The first-order valence-electron chi connectivity index (χ1n) is 6.34. The van der Waals surface area contributed by atoms with Crippen molar-refractivity contribution in [2.75, 3.05) is 12.4 Å². The fourth-order valence-electron chi connectivity index (χ4n) is 2.08. The van der Waals surface area contributed by atoms with Crippen molar-refractivity contribution in [1.82, 2.24) is 4.98 Å². The second kappa shape index (κ2) is 5.69. The van der Waals surface area contributed by atoms with Crippen molar-refractivity contribution in [2.24, 2.45) is 0 Å². The van der Waals surface area contributed by atoms with Crippen LogP contribution < -0.4 is 15.8 Å². The third kappa shape index (κ3) is 2.75. The summed E-state index contributed by atoms with van der Waals surface area (Å²) in [6, 6.07) is 10.1. The minimum atomic E-state index is -0.535. The van der Waals surface area contributed by atoms with E-state index in [0.717, 1.165) is 4.47 Å². The lowest BCUT2D eigenvalue weighted by Gasteiger charge is -2.09. The molecule has 3 rings (SSSR count). The largest absolute Gasteiger partial charge is 0.496 e. The van der Waals surface area contributed by atoms with Crippen LogP contribution in [0.3, 0.4) is 0 Å².